The first kappa shape index (κ1) is 32.5. The maximum atomic E-state index is 12.6. The number of furan rings is 1. The summed E-state index contributed by atoms with van der Waals surface area (Å²) < 4.78 is 17.2. The third kappa shape index (κ3) is 9.27. The van der Waals surface area contributed by atoms with Gasteiger partial charge in [-0.05, 0) is 36.8 Å². The topological polar surface area (TPSA) is 110 Å². The molecule has 0 bridgehead atoms. The van der Waals surface area contributed by atoms with Crippen LogP contribution in [0.5, 0.6) is 0 Å². The number of hydrogen-bond donors (Lipinski definition) is 1. The highest BCUT2D eigenvalue weighted by molar-refractivity contribution is 5.92. The van der Waals surface area contributed by atoms with Crippen molar-refractivity contribution in [1.29, 1.82) is 0 Å². The molecule has 2 aliphatic rings. The van der Waals surface area contributed by atoms with Gasteiger partial charge in [-0.3, -0.25) is 9.69 Å². The Morgan fingerprint density at radius 2 is 1.55 bits per heavy atom. The average Bonchev–Trinajstić information content (AvgIpc) is 3.59. The average molecular weight is 579 g/mol. The fraction of sp³-hybridized carbons (Fsp3) is 0.406. The first-order valence-electron chi connectivity index (χ1n) is 14.3. The van der Waals surface area contributed by atoms with Crippen LogP contribution >= 0.6 is 0 Å². The lowest BCUT2D eigenvalue weighted by atomic mass is 10.2. The van der Waals surface area contributed by atoms with Crippen molar-refractivity contribution < 1.29 is 28.6 Å². The lowest BCUT2D eigenvalue weighted by Gasteiger charge is -2.34. The van der Waals surface area contributed by atoms with Crippen molar-refractivity contribution in [3.05, 3.63) is 89.6 Å². The van der Waals surface area contributed by atoms with Gasteiger partial charge in [-0.2, -0.15) is 0 Å². The van der Waals surface area contributed by atoms with Gasteiger partial charge in [-0.15, -0.1) is 0 Å². The van der Waals surface area contributed by atoms with E-state index in [2.05, 4.69) is 9.88 Å². The molecule has 1 N–H and O–H groups in total. The zero-order valence-corrected chi connectivity index (χ0v) is 25.0. The number of nitrogens with zero attached hydrogens (tertiary/aromatic N) is 4. The van der Waals surface area contributed by atoms with Gasteiger partial charge in [0.1, 0.15) is 18.2 Å². The van der Waals surface area contributed by atoms with Gasteiger partial charge in [0.2, 0.25) is 0 Å². The van der Waals surface area contributed by atoms with Crippen molar-refractivity contribution in [3.63, 3.8) is 0 Å². The number of benzene rings is 2. The van der Waals surface area contributed by atoms with Crippen molar-refractivity contribution in [3.8, 4) is 0 Å². The summed E-state index contributed by atoms with van der Waals surface area (Å²) in [4.78, 5) is 32.5. The van der Waals surface area contributed by atoms with Gasteiger partial charge >= 0.3 is 5.97 Å². The Kier molecular flexibility index (Phi) is 13.2. The first-order valence-corrected chi connectivity index (χ1v) is 14.3. The lowest BCUT2D eigenvalue weighted by Crippen LogP contribution is -2.48. The number of aryl methyl sites for hydroxylation is 1. The summed E-state index contributed by atoms with van der Waals surface area (Å²) in [6, 6.07) is 20.4. The van der Waals surface area contributed by atoms with E-state index in [0.29, 0.717) is 37.8 Å². The molecule has 4 aromatic rings. The second-order valence-corrected chi connectivity index (χ2v) is 9.48. The molecule has 0 atom stereocenters. The molecular formula is C32H42N4O6. The number of hydrogen-bond acceptors (Lipinski definition) is 7. The Balaban J connectivity index is 0.000000335. The molecule has 2 fully saturated rings. The van der Waals surface area contributed by atoms with Gasteiger partial charge in [0.05, 0.1) is 23.1 Å². The van der Waals surface area contributed by atoms with Gasteiger partial charge in [-0.25, -0.2) is 9.78 Å². The molecule has 2 aromatic carbocycles. The maximum Gasteiger partial charge on any atom is 0.335 e. The first-order chi connectivity index (χ1) is 20.5. The summed E-state index contributed by atoms with van der Waals surface area (Å²) in [7, 11) is 3.48. The fourth-order valence-electron chi connectivity index (χ4n) is 4.22. The smallest absolute Gasteiger partial charge is 0.335 e. The number of imidazole rings is 1. The van der Waals surface area contributed by atoms with Crippen LogP contribution in [0.25, 0.3) is 11.0 Å². The van der Waals surface area contributed by atoms with Gasteiger partial charge < -0.3 is 28.5 Å². The standard InChI is InChI=1S/C21H24N4O5.C6H6.C3H6O.C2H6/c1-23-17-11-14(21(27)28)3-5-16(17)22-19(23)12-24-7-9-25(10-8-24)20(26)18-6-4-15(30-18)13-29-2;1-2-4-6-5-3-1;1-2-4-3-1;1-2/h3-6,11H,7-10,12-13H2,1-2H3,(H,27,28);1-6H;1-3H2;1-2H3. The molecular weight excluding hydrogens is 536 g/mol. The largest absolute Gasteiger partial charge is 0.478 e. The van der Waals surface area contributed by atoms with Crippen LogP contribution in [0.3, 0.4) is 0 Å². The number of fused-ring (bicyclic) bond motifs is 1. The summed E-state index contributed by atoms with van der Waals surface area (Å²) in [5, 5.41) is 9.20. The molecule has 2 aromatic heterocycles. The summed E-state index contributed by atoms with van der Waals surface area (Å²) in [5.74, 6) is 0.766. The van der Waals surface area contributed by atoms with Gasteiger partial charge in [0.15, 0.2) is 5.76 Å². The van der Waals surface area contributed by atoms with Crippen LogP contribution in [0.4, 0.5) is 0 Å². The molecule has 2 aliphatic heterocycles. The van der Waals surface area contributed by atoms with Crippen molar-refractivity contribution in [2.24, 2.45) is 7.05 Å². The number of piperazine rings is 1. The number of carbonyl (C=O) groups excluding carboxylic acids is 1. The van der Waals surface area contributed by atoms with Crippen LogP contribution in [0.15, 0.2) is 71.1 Å². The molecule has 6 rings (SSSR count). The molecule has 226 valence electrons. The van der Waals surface area contributed by atoms with E-state index >= 15 is 0 Å². The number of amides is 1. The summed E-state index contributed by atoms with van der Waals surface area (Å²) in [5.41, 5.74) is 1.81. The third-order valence-corrected chi connectivity index (χ3v) is 6.65. The van der Waals surface area contributed by atoms with Crippen LogP contribution in [-0.2, 0) is 29.7 Å². The summed E-state index contributed by atoms with van der Waals surface area (Å²) in [6.07, 6.45) is 1.28. The predicted molar refractivity (Wildman–Crippen MR) is 162 cm³/mol. The van der Waals surface area contributed by atoms with Gasteiger partial charge in [-0.1, -0.05) is 50.2 Å². The molecule has 0 saturated carbocycles. The van der Waals surface area contributed by atoms with E-state index in [9.17, 15) is 14.7 Å². The molecule has 0 spiro atoms. The van der Waals surface area contributed by atoms with Crippen LogP contribution in [-0.4, -0.2) is 82.8 Å². The second-order valence-electron chi connectivity index (χ2n) is 9.48. The normalized spacial score (nSPS) is 14.3. The molecule has 4 heterocycles. The second kappa shape index (κ2) is 17.1. The van der Waals surface area contributed by atoms with Crippen LogP contribution < -0.4 is 0 Å². The fourth-order valence-corrected chi connectivity index (χ4v) is 4.22. The minimum absolute atomic E-state index is 0.110. The van der Waals surface area contributed by atoms with E-state index in [-0.39, 0.29) is 11.5 Å². The van der Waals surface area contributed by atoms with E-state index in [0.717, 1.165) is 43.2 Å². The van der Waals surface area contributed by atoms with Crippen LogP contribution in [0.2, 0.25) is 0 Å². The molecule has 0 unspecified atom stereocenters. The number of carboxylic acid groups (broad SMARTS) is 1. The number of carboxylic acids is 1. The summed E-state index contributed by atoms with van der Waals surface area (Å²) in [6.45, 7) is 9.63. The molecule has 0 aliphatic carbocycles. The zero-order valence-electron chi connectivity index (χ0n) is 25.0. The van der Waals surface area contributed by atoms with E-state index in [1.807, 2.05) is 61.9 Å². The number of aromatic nitrogens is 2. The number of rotatable bonds is 6. The SMILES string of the molecule is C1COC1.CC.COCc1ccc(C(=O)N2CCN(Cc3nc4ccc(C(=O)O)cc4n3C)CC2)o1.c1ccccc1. The number of ether oxygens (including phenoxy) is 2. The number of aromatic carboxylic acids is 1. The quantitative estimate of drug-likeness (QED) is 0.337. The van der Waals surface area contributed by atoms with Crippen molar-refractivity contribution in [2.45, 2.75) is 33.4 Å². The molecule has 2 saturated heterocycles. The van der Waals surface area contributed by atoms with Crippen LogP contribution in [0, 0.1) is 0 Å². The van der Waals surface area contributed by atoms with E-state index in [4.69, 9.17) is 13.9 Å². The Morgan fingerprint density at radius 1 is 0.952 bits per heavy atom. The molecule has 10 nitrogen and oxygen atoms in total. The molecule has 42 heavy (non-hydrogen) atoms. The molecule has 0 radical (unpaired) electrons. The third-order valence-electron chi connectivity index (χ3n) is 6.65. The highest BCUT2D eigenvalue weighted by Gasteiger charge is 2.25. The van der Waals surface area contributed by atoms with E-state index in [1.165, 1.54) is 6.42 Å². The zero-order chi connectivity index (χ0) is 30.3. The Hall–Kier alpha value is -3.99. The Labute approximate surface area is 247 Å². The lowest BCUT2D eigenvalue weighted by molar-refractivity contribution is 0.0367. The minimum Gasteiger partial charge on any atom is -0.478 e. The van der Waals surface area contributed by atoms with Crippen molar-refractivity contribution >= 4 is 22.9 Å². The Morgan fingerprint density at radius 3 is 2.07 bits per heavy atom. The molecule has 1 amide bonds. The maximum absolute atomic E-state index is 12.6. The predicted octanol–water partition coefficient (Wildman–Crippen LogP) is 5.09. The van der Waals surface area contributed by atoms with Gasteiger partial charge in [0.25, 0.3) is 5.91 Å². The van der Waals surface area contributed by atoms with Crippen molar-refractivity contribution in [2.75, 3.05) is 46.5 Å². The van der Waals surface area contributed by atoms with Gasteiger partial charge in [0, 0.05) is 53.6 Å². The Bertz CT molecular complexity index is 1340. The molecule has 10 heteroatoms. The monoisotopic (exact) mass is 578 g/mol. The number of carbonyl (C=O) groups is 2. The van der Waals surface area contributed by atoms with E-state index < -0.39 is 5.97 Å². The van der Waals surface area contributed by atoms with Crippen molar-refractivity contribution in [1.82, 2.24) is 19.4 Å². The van der Waals surface area contributed by atoms with Crippen LogP contribution in [0.1, 0.15) is 52.8 Å². The highest BCUT2D eigenvalue weighted by Crippen LogP contribution is 2.19. The minimum atomic E-state index is -0.952. The highest BCUT2D eigenvalue weighted by atomic mass is 16.5. The summed E-state index contributed by atoms with van der Waals surface area (Å²) >= 11 is 0. The number of methoxy groups -OCH3 is 1. The van der Waals surface area contributed by atoms with E-state index in [1.54, 1.807) is 42.3 Å².